The van der Waals surface area contributed by atoms with Gasteiger partial charge in [0.1, 0.15) is 6.10 Å². The van der Waals surface area contributed by atoms with Gasteiger partial charge in [-0.05, 0) is 25.1 Å². The summed E-state index contributed by atoms with van der Waals surface area (Å²) in [6, 6.07) is 4.82. The zero-order chi connectivity index (χ0) is 11.5. The first-order valence-corrected chi connectivity index (χ1v) is 5.77. The average Bonchev–Trinajstić information content (AvgIpc) is 2.73. The molecule has 86 valence electrons. The molecule has 2 rings (SSSR count). The second-order valence-electron chi connectivity index (χ2n) is 3.60. The van der Waals surface area contributed by atoms with Gasteiger partial charge in [-0.1, -0.05) is 15.9 Å². The molecule has 1 N–H and O–H groups in total. The summed E-state index contributed by atoms with van der Waals surface area (Å²) in [6.45, 7) is 1.64. The normalized spacial score (nSPS) is 19.7. The van der Waals surface area contributed by atoms with E-state index in [0.717, 1.165) is 19.5 Å². The highest BCUT2D eigenvalue weighted by Crippen LogP contribution is 2.31. The molecule has 0 bridgehead atoms. The highest BCUT2D eigenvalue weighted by atomic mass is 79.9. The van der Waals surface area contributed by atoms with Crippen molar-refractivity contribution in [3.8, 4) is 5.75 Å². The maximum Gasteiger partial charge on any atom is 0.312 e. The molecule has 16 heavy (non-hydrogen) atoms. The summed E-state index contributed by atoms with van der Waals surface area (Å²) in [6.07, 6.45) is 0.910. The monoisotopic (exact) mass is 286 g/mol. The van der Waals surface area contributed by atoms with Gasteiger partial charge in [-0.15, -0.1) is 0 Å². The molecule has 1 atom stereocenters. The second kappa shape index (κ2) is 4.80. The van der Waals surface area contributed by atoms with Crippen LogP contribution in [0.1, 0.15) is 6.42 Å². The molecule has 1 aliphatic heterocycles. The van der Waals surface area contributed by atoms with Gasteiger partial charge in [-0.25, -0.2) is 0 Å². The summed E-state index contributed by atoms with van der Waals surface area (Å²) < 4.78 is 6.27. The Balaban J connectivity index is 2.21. The van der Waals surface area contributed by atoms with Crippen LogP contribution in [0.3, 0.4) is 0 Å². The Morgan fingerprint density at radius 1 is 1.56 bits per heavy atom. The first-order valence-electron chi connectivity index (χ1n) is 4.98. The minimum Gasteiger partial charge on any atom is -0.482 e. The number of ether oxygens (including phenoxy) is 1. The van der Waals surface area contributed by atoms with Crippen molar-refractivity contribution < 1.29 is 9.66 Å². The number of benzene rings is 1. The van der Waals surface area contributed by atoms with E-state index >= 15 is 0 Å². The fourth-order valence-corrected chi connectivity index (χ4v) is 1.99. The van der Waals surface area contributed by atoms with Gasteiger partial charge in [0, 0.05) is 17.1 Å². The molecule has 1 saturated heterocycles. The van der Waals surface area contributed by atoms with Crippen molar-refractivity contribution in [2.24, 2.45) is 0 Å². The molecular formula is C10H11BrN2O3. The molecule has 0 aliphatic carbocycles. The largest absolute Gasteiger partial charge is 0.482 e. The number of hydrogen-bond acceptors (Lipinski definition) is 4. The minimum absolute atomic E-state index is 0.00118. The van der Waals surface area contributed by atoms with Crippen molar-refractivity contribution in [2.75, 3.05) is 13.1 Å². The van der Waals surface area contributed by atoms with E-state index in [1.54, 1.807) is 12.1 Å². The molecule has 6 heteroatoms. The van der Waals surface area contributed by atoms with Gasteiger partial charge in [-0.2, -0.15) is 0 Å². The lowest BCUT2D eigenvalue weighted by atomic mass is 10.2. The lowest BCUT2D eigenvalue weighted by molar-refractivity contribution is -0.386. The maximum absolute atomic E-state index is 10.8. The zero-order valence-corrected chi connectivity index (χ0v) is 10.1. The molecular weight excluding hydrogens is 276 g/mol. The van der Waals surface area contributed by atoms with Crippen LogP contribution in [0.15, 0.2) is 22.7 Å². The number of nitro benzene ring substituents is 1. The molecule has 0 aromatic heterocycles. The fourth-order valence-electron chi connectivity index (χ4n) is 1.64. The van der Waals surface area contributed by atoms with Crippen LogP contribution in [0.4, 0.5) is 5.69 Å². The highest BCUT2D eigenvalue weighted by molar-refractivity contribution is 9.10. The van der Waals surface area contributed by atoms with Gasteiger partial charge >= 0.3 is 5.69 Å². The van der Waals surface area contributed by atoms with E-state index in [1.807, 2.05) is 0 Å². The first-order chi connectivity index (χ1) is 7.66. The van der Waals surface area contributed by atoms with Gasteiger partial charge in [0.25, 0.3) is 0 Å². The number of nitrogens with zero attached hydrogens (tertiary/aromatic N) is 1. The highest BCUT2D eigenvalue weighted by Gasteiger charge is 2.21. The fraction of sp³-hybridized carbons (Fsp3) is 0.400. The lowest BCUT2D eigenvalue weighted by Crippen LogP contribution is -2.20. The third-order valence-corrected chi connectivity index (χ3v) is 2.92. The van der Waals surface area contributed by atoms with E-state index < -0.39 is 4.92 Å². The molecule has 5 nitrogen and oxygen atoms in total. The standard InChI is InChI=1S/C10H11BrN2O3/c11-7-1-2-10(9(5-7)13(14)15)16-8-3-4-12-6-8/h1-2,5,8,12H,3-4,6H2. The number of hydrogen-bond donors (Lipinski definition) is 1. The van der Waals surface area contributed by atoms with Crippen molar-refractivity contribution in [3.63, 3.8) is 0 Å². The Hall–Kier alpha value is -1.14. The number of rotatable bonds is 3. The van der Waals surface area contributed by atoms with Crippen molar-refractivity contribution in [1.29, 1.82) is 0 Å². The summed E-state index contributed by atoms with van der Waals surface area (Å²) in [4.78, 5) is 10.4. The van der Waals surface area contributed by atoms with E-state index in [0.29, 0.717) is 10.2 Å². The molecule has 0 spiro atoms. The second-order valence-corrected chi connectivity index (χ2v) is 4.52. The lowest BCUT2D eigenvalue weighted by Gasteiger charge is -2.12. The van der Waals surface area contributed by atoms with E-state index in [-0.39, 0.29) is 11.8 Å². The Bertz CT molecular complexity index is 405. The molecule has 0 radical (unpaired) electrons. The summed E-state index contributed by atoms with van der Waals surface area (Å²) in [5, 5.41) is 14.0. The Labute approximate surface area is 101 Å². The van der Waals surface area contributed by atoms with Crippen molar-refractivity contribution in [2.45, 2.75) is 12.5 Å². The average molecular weight is 287 g/mol. The summed E-state index contributed by atoms with van der Waals surface area (Å²) in [7, 11) is 0. The predicted octanol–water partition coefficient (Wildman–Crippen LogP) is 2.10. The third-order valence-electron chi connectivity index (χ3n) is 2.43. The van der Waals surface area contributed by atoms with Gasteiger partial charge in [0.15, 0.2) is 5.75 Å². The molecule has 0 saturated carbocycles. The summed E-state index contributed by atoms with van der Waals surface area (Å²) in [5.41, 5.74) is 0.00118. The van der Waals surface area contributed by atoms with Crippen LogP contribution in [0.2, 0.25) is 0 Å². The number of nitrogens with one attached hydrogen (secondary N) is 1. The summed E-state index contributed by atoms with van der Waals surface area (Å²) in [5.74, 6) is 0.335. The van der Waals surface area contributed by atoms with Crippen LogP contribution < -0.4 is 10.1 Å². The van der Waals surface area contributed by atoms with Crippen molar-refractivity contribution >= 4 is 21.6 Å². The van der Waals surface area contributed by atoms with Gasteiger partial charge < -0.3 is 10.1 Å². The zero-order valence-electron chi connectivity index (χ0n) is 8.48. The third kappa shape index (κ3) is 2.51. The van der Waals surface area contributed by atoms with Crippen molar-refractivity contribution in [3.05, 3.63) is 32.8 Å². The molecule has 1 heterocycles. The predicted molar refractivity (Wildman–Crippen MR) is 62.7 cm³/mol. The van der Waals surface area contributed by atoms with E-state index in [4.69, 9.17) is 4.74 Å². The van der Waals surface area contributed by atoms with Crippen LogP contribution in [0, 0.1) is 10.1 Å². The van der Waals surface area contributed by atoms with Crippen LogP contribution in [-0.4, -0.2) is 24.1 Å². The maximum atomic E-state index is 10.8. The molecule has 0 amide bonds. The molecule has 1 aliphatic rings. The Kier molecular flexibility index (Phi) is 3.40. The van der Waals surface area contributed by atoms with Crippen LogP contribution in [-0.2, 0) is 0 Å². The Morgan fingerprint density at radius 2 is 2.38 bits per heavy atom. The van der Waals surface area contributed by atoms with Crippen LogP contribution >= 0.6 is 15.9 Å². The smallest absolute Gasteiger partial charge is 0.312 e. The first kappa shape index (κ1) is 11.3. The van der Waals surface area contributed by atoms with Crippen molar-refractivity contribution in [1.82, 2.24) is 5.32 Å². The van der Waals surface area contributed by atoms with Crippen LogP contribution in [0.5, 0.6) is 5.75 Å². The quantitative estimate of drug-likeness (QED) is 0.683. The topological polar surface area (TPSA) is 64.4 Å². The van der Waals surface area contributed by atoms with E-state index in [2.05, 4.69) is 21.2 Å². The SMILES string of the molecule is O=[N+]([O-])c1cc(Br)ccc1OC1CCNC1. The van der Waals surface area contributed by atoms with E-state index in [9.17, 15) is 10.1 Å². The molecule has 1 unspecified atom stereocenters. The molecule has 1 aromatic carbocycles. The molecule has 1 aromatic rings. The van der Waals surface area contributed by atoms with E-state index in [1.165, 1.54) is 6.07 Å². The van der Waals surface area contributed by atoms with Gasteiger partial charge in [0.2, 0.25) is 0 Å². The number of halogens is 1. The Morgan fingerprint density at radius 3 is 3.00 bits per heavy atom. The number of nitro groups is 1. The minimum atomic E-state index is -0.428. The van der Waals surface area contributed by atoms with Gasteiger partial charge in [0.05, 0.1) is 4.92 Å². The summed E-state index contributed by atoms with van der Waals surface area (Å²) >= 11 is 3.20. The molecule has 1 fully saturated rings. The van der Waals surface area contributed by atoms with Crippen LogP contribution in [0.25, 0.3) is 0 Å². The van der Waals surface area contributed by atoms with Gasteiger partial charge in [-0.3, -0.25) is 10.1 Å².